The first kappa shape index (κ1) is 21.4. The molecule has 0 fully saturated rings. The van der Waals surface area contributed by atoms with Gasteiger partial charge in [-0.3, -0.25) is 29.4 Å². The van der Waals surface area contributed by atoms with Crippen LogP contribution in [0.3, 0.4) is 0 Å². The van der Waals surface area contributed by atoms with Gasteiger partial charge in [0.15, 0.2) is 0 Å². The summed E-state index contributed by atoms with van der Waals surface area (Å²) in [5, 5.41) is 14.5. The molecule has 1 aliphatic rings. The van der Waals surface area contributed by atoms with Crippen LogP contribution in [0.15, 0.2) is 36.4 Å². The van der Waals surface area contributed by atoms with Crippen LogP contribution in [0.1, 0.15) is 52.0 Å². The van der Waals surface area contributed by atoms with E-state index in [1.807, 2.05) is 13.0 Å². The molecule has 0 atom stereocenters. The number of fused-ring (bicyclic) bond motifs is 1. The van der Waals surface area contributed by atoms with Crippen LogP contribution in [0.25, 0.3) is 0 Å². The molecule has 0 radical (unpaired) electrons. The zero-order valence-corrected chi connectivity index (χ0v) is 17.1. The lowest BCUT2D eigenvalue weighted by Crippen LogP contribution is -2.30. The average Bonchev–Trinajstić information content (AvgIpc) is 2.95. The van der Waals surface area contributed by atoms with Gasteiger partial charge in [0.05, 0.1) is 10.5 Å². The van der Waals surface area contributed by atoms with Gasteiger partial charge in [-0.15, -0.1) is 0 Å². The Kier molecular flexibility index (Phi) is 6.47. The second-order valence-electron chi connectivity index (χ2n) is 7.04. The van der Waals surface area contributed by atoms with Crippen LogP contribution in [0, 0.1) is 17.0 Å². The van der Waals surface area contributed by atoms with Gasteiger partial charge in [-0.2, -0.15) is 0 Å². The minimum atomic E-state index is -0.659. The van der Waals surface area contributed by atoms with Crippen LogP contribution in [0.2, 0.25) is 5.02 Å². The highest BCUT2D eigenvalue weighted by Crippen LogP contribution is 2.30. The molecule has 2 aromatic rings. The van der Waals surface area contributed by atoms with Crippen molar-refractivity contribution in [2.45, 2.75) is 32.6 Å². The second-order valence-corrected chi connectivity index (χ2v) is 7.47. The fourth-order valence-electron chi connectivity index (χ4n) is 3.34. The maximum absolute atomic E-state index is 12.5. The summed E-state index contributed by atoms with van der Waals surface area (Å²) < 4.78 is 0. The molecule has 1 heterocycles. The number of carbonyl (C=O) groups is 3. The van der Waals surface area contributed by atoms with Crippen molar-refractivity contribution in [3.05, 3.63) is 68.2 Å². The molecule has 0 saturated carbocycles. The lowest BCUT2D eigenvalue weighted by Gasteiger charge is -2.13. The predicted molar refractivity (Wildman–Crippen MR) is 112 cm³/mol. The number of nitrogens with zero attached hydrogens (tertiary/aromatic N) is 2. The highest BCUT2D eigenvalue weighted by Gasteiger charge is 2.40. The van der Waals surface area contributed by atoms with Gasteiger partial charge in [0.1, 0.15) is 5.56 Å². The van der Waals surface area contributed by atoms with E-state index < -0.39 is 16.7 Å². The molecule has 0 aromatic heterocycles. The van der Waals surface area contributed by atoms with Crippen molar-refractivity contribution in [2.24, 2.45) is 0 Å². The number of nitro groups is 1. The molecule has 1 N–H and O–H groups in total. The Morgan fingerprint density at radius 1 is 1.13 bits per heavy atom. The van der Waals surface area contributed by atoms with Crippen LogP contribution < -0.4 is 5.32 Å². The fraction of sp³-hybridized carbons (Fsp3) is 0.286. The van der Waals surface area contributed by atoms with Crippen LogP contribution in [0.4, 0.5) is 11.4 Å². The normalized spacial score (nSPS) is 12.8. The lowest BCUT2D eigenvalue weighted by molar-refractivity contribution is -0.385. The Bertz CT molecular complexity index is 1040. The van der Waals surface area contributed by atoms with E-state index in [4.69, 9.17) is 11.6 Å². The highest BCUT2D eigenvalue weighted by atomic mass is 35.5. The number of rotatable bonds is 8. The smallest absolute Gasteiger partial charge is 0.282 e. The molecular weight excluding hydrogens is 410 g/mol. The summed E-state index contributed by atoms with van der Waals surface area (Å²) in [5.41, 5.74) is 1.13. The number of benzene rings is 2. The Morgan fingerprint density at radius 3 is 2.63 bits per heavy atom. The molecule has 9 heteroatoms. The quantitative estimate of drug-likeness (QED) is 0.290. The van der Waals surface area contributed by atoms with E-state index in [1.54, 1.807) is 12.1 Å². The van der Waals surface area contributed by atoms with E-state index in [0.717, 1.165) is 10.5 Å². The predicted octanol–water partition coefficient (Wildman–Crippen LogP) is 4.35. The van der Waals surface area contributed by atoms with Gasteiger partial charge in [-0.05, 0) is 43.5 Å². The minimum Gasteiger partial charge on any atom is -0.326 e. The van der Waals surface area contributed by atoms with Crippen molar-refractivity contribution in [1.29, 1.82) is 0 Å². The summed E-state index contributed by atoms with van der Waals surface area (Å²) in [7, 11) is 0. The van der Waals surface area contributed by atoms with Crippen molar-refractivity contribution in [1.82, 2.24) is 4.90 Å². The van der Waals surface area contributed by atoms with E-state index in [2.05, 4.69) is 5.32 Å². The molecule has 0 spiro atoms. The number of imide groups is 1. The Hall–Kier alpha value is -3.26. The van der Waals surface area contributed by atoms with E-state index in [-0.39, 0.29) is 29.3 Å². The first-order chi connectivity index (χ1) is 14.3. The largest absolute Gasteiger partial charge is 0.326 e. The summed E-state index contributed by atoms with van der Waals surface area (Å²) in [6, 6.07) is 9.30. The molecule has 30 heavy (non-hydrogen) atoms. The number of unbranched alkanes of at least 4 members (excludes halogenated alkanes) is 2. The lowest BCUT2D eigenvalue weighted by atomic mass is 10.1. The molecule has 3 amide bonds. The fourth-order valence-corrected chi connectivity index (χ4v) is 3.52. The third-order valence-electron chi connectivity index (χ3n) is 4.93. The third-order valence-corrected chi connectivity index (χ3v) is 5.17. The summed E-state index contributed by atoms with van der Waals surface area (Å²) >= 11 is 5.94. The van der Waals surface area contributed by atoms with E-state index in [0.29, 0.717) is 36.4 Å². The van der Waals surface area contributed by atoms with Gasteiger partial charge in [0.25, 0.3) is 17.5 Å². The number of aryl methyl sites for hydroxylation is 1. The first-order valence-corrected chi connectivity index (χ1v) is 9.87. The number of amides is 3. The van der Waals surface area contributed by atoms with Gasteiger partial charge in [0.2, 0.25) is 5.91 Å². The van der Waals surface area contributed by atoms with Crippen molar-refractivity contribution >= 4 is 40.7 Å². The zero-order valence-electron chi connectivity index (χ0n) is 16.3. The van der Waals surface area contributed by atoms with Crippen molar-refractivity contribution in [3.63, 3.8) is 0 Å². The molecule has 0 aliphatic carbocycles. The molecule has 0 bridgehead atoms. The number of carbonyl (C=O) groups excluding carboxylic acids is 3. The topological polar surface area (TPSA) is 110 Å². The maximum Gasteiger partial charge on any atom is 0.282 e. The van der Waals surface area contributed by atoms with E-state index in [1.165, 1.54) is 18.2 Å². The third kappa shape index (κ3) is 4.49. The molecule has 3 rings (SSSR count). The summed E-state index contributed by atoms with van der Waals surface area (Å²) in [4.78, 5) is 48.5. The average molecular weight is 430 g/mol. The van der Waals surface area contributed by atoms with E-state index >= 15 is 0 Å². The van der Waals surface area contributed by atoms with Crippen molar-refractivity contribution in [3.8, 4) is 0 Å². The number of anilines is 1. The van der Waals surface area contributed by atoms with Crippen LogP contribution >= 0.6 is 11.6 Å². The van der Waals surface area contributed by atoms with Crippen LogP contribution in [-0.2, 0) is 4.79 Å². The highest BCUT2D eigenvalue weighted by molar-refractivity contribution is 6.31. The second kappa shape index (κ2) is 9.04. The summed E-state index contributed by atoms with van der Waals surface area (Å²) in [6.07, 6.45) is 1.99. The SMILES string of the molecule is Cc1ccc(Cl)cc1NC(=O)CCCCCN1C(=O)c2cccc([N+](=O)[O-])c2C1=O. The molecule has 2 aromatic carbocycles. The van der Waals surface area contributed by atoms with Gasteiger partial charge < -0.3 is 5.32 Å². The van der Waals surface area contributed by atoms with Crippen molar-refractivity contribution < 1.29 is 19.3 Å². The van der Waals surface area contributed by atoms with Gasteiger partial charge in [0, 0.05) is 29.7 Å². The number of hydrogen-bond acceptors (Lipinski definition) is 5. The van der Waals surface area contributed by atoms with Gasteiger partial charge in [-0.25, -0.2) is 0 Å². The van der Waals surface area contributed by atoms with Gasteiger partial charge >= 0.3 is 0 Å². The first-order valence-electron chi connectivity index (χ1n) is 9.49. The Labute approximate surface area is 178 Å². The van der Waals surface area contributed by atoms with E-state index in [9.17, 15) is 24.5 Å². The molecule has 8 nitrogen and oxygen atoms in total. The number of hydrogen-bond donors (Lipinski definition) is 1. The van der Waals surface area contributed by atoms with Gasteiger partial charge in [-0.1, -0.05) is 30.2 Å². The summed E-state index contributed by atoms with van der Waals surface area (Å²) in [6.45, 7) is 2.02. The molecule has 0 unspecified atom stereocenters. The maximum atomic E-state index is 12.5. The monoisotopic (exact) mass is 429 g/mol. The number of nitrogens with one attached hydrogen (secondary N) is 1. The van der Waals surface area contributed by atoms with Crippen LogP contribution in [0.5, 0.6) is 0 Å². The standard InChI is InChI=1S/C21H20ClN3O5/c1-13-9-10-14(22)12-16(13)23-18(26)8-3-2-4-11-24-20(27)15-6-5-7-17(25(29)30)19(15)21(24)28/h5-7,9-10,12H,2-4,8,11H2,1H3,(H,23,26). The molecule has 1 aliphatic heterocycles. The minimum absolute atomic E-state index is 0.0606. The molecule has 156 valence electrons. The Morgan fingerprint density at radius 2 is 1.90 bits per heavy atom. The summed E-state index contributed by atoms with van der Waals surface area (Å²) in [5.74, 6) is -1.30. The Balaban J connectivity index is 1.48. The zero-order chi connectivity index (χ0) is 21.8. The number of halogens is 1. The molecule has 0 saturated heterocycles. The number of nitro benzene ring substituents is 1. The van der Waals surface area contributed by atoms with Crippen molar-refractivity contribution in [2.75, 3.05) is 11.9 Å². The molecular formula is C21H20ClN3O5. The van der Waals surface area contributed by atoms with Crippen LogP contribution in [-0.4, -0.2) is 34.1 Å².